The summed E-state index contributed by atoms with van der Waals surface area (Å²) < 4.78 is 11.7. The predicted molar refractivity (Wildman–Crippen MR) is 100 cm³/mol. The Morgan fingerprint density at radius 1 is 1.24 bits per heavy atom. The third kappa shape index (κ3) is 4.55. The van der Waals surface area contributed by atoms with E-state index in [0.717, 1.165) is 9.37 Å². The fourth-order valence-electron chi connectivity index (χ4n) is 2.27. The van der Waals surface area contributed by atoms with E-state index in [1.165, 1.54) is 11.8 Å². The summed E-state index contributed by atoms with van der Waals surface area (Å²) in [4.78, 5) is 24.8. The molecule has 1 N–H and O–H groups in total. The van der Waals surface area contributed by atoms with Crippen LogP contribution in [0.25, 0.3) is 0 Å². The van der Waals surface area contributed by atoms with Crippen molar-refractivity contribution in [2.75, 3.05) is 18.5 Å². The predicted octanol–water partition coefficient (Wildman–Crippen LogP) is 4.12. The van der Waals surface area contributed by atoms with Crippen LogP contribution in [0.1, 0.15) is 17.3 Å². The normalized spacial score (nSPS) is 15.9. The number of thioether (sulfide) groups is 1. The van der Waals surface area contributed by atoms with Crippen LogP contribution in [0.4, 0.5) is 5.69 Å². The molecule has 1 aliphatic rings. The molecule has 0 saturated carbocycles. The molecule has 1 unspecified atom stereocenters. The van der Waals surface area contributed by atoms with Gasteiger partial charge in [-0.1, -0.05) is 22.0 Å². The van der Waals surface area contributed by atoms with Gasteiger partial charge in [0.15, 0.2) is 0 Å². The molecule has 1 aliphatic heterocycles. The van der Waals surface area contributed by atoms with E-state index in [9.17, 15) is 9.59 Å². The second-order valence-corrected chi connectivity index (χ2v) is 7.70. The summed E-state index contributed by atoms with van der Waals surface area (Å²) in [6.45, 7) is 2.24. The molecule has 7 heteroatoms. The molecule has 1 heterocycles. The second-order valence-electron chi connectivity index (χ2n) is 5.40. The van der Waals surface area contributed by atoms with Gasteiger partial charge in [-0.3, -0.25) is 4.79 Å². The van der Waals surface area contributed by atoms with Crippen molar-refractivity contribution in [2.45, 2.75) is 17.1 Å². The Labute approximate surface area is 158 Å². The third-order valence-electron chi connectivity index (χ3n) is 3.53. The molecule has 0 radical (unpaired) electrons. The van der Waals surface area contributed by atoms with Crippen molar-refractivity contribution in [3.63, 3.8) is 0 Å². The number of ether oxygens (including phenoxy) is 2. The molecule has 1 amide bonds. The Bertz CT molecular complexity index is 811. The molecule has 0 fully saturated rings. The number of nitrogens with one attached hydrogen (secondary N) is 1. The van der Waals surface area contributed by atoms with E-state index in [1.807, 2.05) is 37.3 Å². The molecule has 0 aromatic heterocycles. The Morgan fingerprint density at radius 3 is 2.88 bits per heavy atom. The van der Waals surface area contributed by atoms with Crippen LogP contribution in [0.2, 0.25) is 0 Å². The lowest BCUT2D eigenvalue weighted by atomic mass is 10.2. The second kappa shape index (κ2) is 7.93. The zero-order valence-corrected chi connectivity index (χ0v) is 15.9. The van der Waals surface area contributed by atoms with Crippen molar-refractivity contribution < 1.29 is 19.1 Å². The highest BCUT2D eigenvalue weighted by molar-refractivity contribution is 9.10. The number of esters is 1. The van der Waals surface area contributed by atoms with Gasteiger partial charge in [-0.25, -0.2) is 4.79 Å². The Kier molecular flexibility index (Phi) is 5.65. The molecule has 0 spiro atoms. The Hall–Kier alpha value is -1.99. The number of carbonyl (C=O) groups excluding carboxylic acids is 2. The van der Waals surface area contributed by atoms with Gasteiger partial charge < -0.3 is 14.8 Å². The minimum atomic E-state index is -0.446. The van der Waals surface area contributed by atoms with E-state index in [0.29, 0.717) is 17.0 Å². The van der Waals surface area contributed by atoms with Gasteiger partial charge >= 0.3 is 5.97 Å². The molecule has 0 saturated heterocycles. The molecule has 1 atom stereocenters. The monoisotopic (exact) mass is 421 g/mol. The fraction of sp³-hybridized carbons (Fsp3) is 0.222. The van der Waals surface area contributed by atoms with Crippen LogP contribution in [-0.4, -0.2) is 30.3 Å². The number of halogens is 1. The number of benzene rings is 2. The smallest absolute Gasteiger partial charge is 0.338 e. The molecule has 0 aliphatic carbocycles. The molecule has 3 rings (SSSR count). The summed E-state index contributed by atoms with van der Waals surface area (Å²) in [6.07, 6.45) is 0. The number of amides is 1. The molecule has 25 heavy (non-hydrogen) atoms. The first-order chi connectivity index (χ1) is 12.0. The highest BCUT2D eigenvalue weighted by Crippen LogP contribution is 2.36. The minimum Gasteiger partial charge on any atom is -0.490 e. The average molecular weight is 422 g/mol. The van der Waals surface area contributed by atoms with E-state index in [2.05, 4.69) is 21.2 Å². The van der Waals surface area contributed by atoms with Crippen LogP contribution in [-0.2, 0) is 9.53 Å². The van der Waals surface area contributed by atoms with Crippen molar-refractivity contribution in [2.24, 2.45) is 0 Å². The summed E-state index contributed by atoms with van der Waals surface area (Å²) in [5, 5.41) is 2.66. The SMILES string of the molecule is CC1Sc2ccc(C(=O)OCCOc3cccc(Br)c3)cc2NC1=O. The van der Waals surface area contributed by atoms with Gasteiger partial charge in [-0.05, 0) is 43.3 Å². The highest BCUT2D eigenvalue weighted by atomic mass is 79.9. The first kappa shape index (κ1) is 17.8. The number of rotatable bonds is 5. The Balaban J connectivity index is 1.53. The Morgan fingerprint density at radius 2 is 2.08 bits per heavy atom. The quantitative estimate of drug-likeness (QED) is 0.580. The first-order valence-corrected chi connectivity index (χ1v) is 9.37. The third-order valence-corrected chi connectivity index (χ3v) is 5.20. The molecule has 5 nitrogen and oxygen atoms in total. The van der Waals surface area contributed by atoms with Gasteiger partial charge in [0.2, 0.25) is 5.91 Å². The van der Waals surface area contributed by atoms with Crippen molar-refractivity contribution in [3.8, 4) is 5.75 Å². The van der Waals surface area contributed by atoms with Crippen LogP contribution in [0.15, 0.2) is 51.8 Å². The van der Waals surface area contributed by atoms with Crippen LogP contribution >= 0.6 is 27.7 Å². The summed E-state index contributed by atoms with van der Waals surface area (Å²) in [7, 11) is 0. The minimum absolute atomic E-state index is 0.0644. The molecule has 130 valence electrons. The maximum absolute atomic E-state index is 12.1. The molecular weight excluding hydrogens is 406 g/mol. The standard InChI is InChI=1S/C18H16BrNO4S/c1-11-17(21)20-15-9-12(5-6-16(15)25-11)18(22)24-8-7-23-14-4-2-3-13(19)10-14/h2-6,9-11H,7-8H2,1H3,(H,20,21). The van der Waals surface area contributed by atoms with Crippen molar-refractivity contribution in [3.05, 3.63) is 52.5 Å². The van der Waals surface area contributed by atoms with Crippen LogP contribution in [0.3, 0.4) is 0 Å². The van der Waals surface area contributed by atoms with Gasteiger partial charge in [0.1, 0.15) is 19.0 Å². The van der Waals surface area contributed by atoms with Crippen LogP contribution in [0, 0.1) is 0 Å². The lowest BCUT2D eigenvalue weighted by Gasteiger charge is -2.21. The van der Waals surface area contributed by atoms with Gasteiger partial charge in [0.05, 0.1) is 16.5 Å². The molecule has 0 bridgehead atoms. The van der Waals surface area contributed by atoms with Crippen LogP contribution < -0.4 is 10.1 Å². The van der Waals surface area contributed by atoms with Crippen LogP contribution in [0.5, 0.6) is 5.75 Å². The lowest BCUT2D eigenvalue weighted by molar-refractivity contribution is -0.115. The highest BCUT2D eigenvalue weighted by Gasteiger charge is 2.23. The number of hydrogen-bond acceptors (Lipinski definition) is 5. The number of hydrogen-bond donors (Lipinski definition) is 1. The van der Waals surface area contributed by atoms with Crippen molar-refractivity contribution in [1.82, 2.24) is 0 Å². The average Bonchev–Trinajstić information content (AvgIpc) is 2.59. The maximum Gasteiger partial charge on any atom is 0.338 e. The summed E-state index contributed by atoms with van der Waals surface area (Å²) in [5.41, 5.74) is 1.05. The van der Waals surface area contributed by atoms with Crippen molar-refractivity contribution >= 4 is 45.3 Å². The lowest BCUT2D eigenvalue weighted by Crippen LogP contribution is -2.26. The topological polar surface area (TPSA) is 64.6 Å². The summed E-state index contributed by atoms with van der Waals surface area (Å²) in [6, 6.07) is 12.6. The van der Waals surface area contributed by atoms with E-state index < -0.39 is 5.97 Å². The number of fused-ring (bicyclic) bond motifs is 1. The van der Waals surface area contributed by atoms with Gasteiger partial charge in [-0.15, -0.1) is 11.8 Å². The van der Waals surface area contributed by atoms with E-state index >= 15 is 0 Å². The van der Waals surface area contributed by atoms with Gasteiger partial charge in [-0.2, -0.15) is 0 Å². The largest absolute Gasteiger partial charge is 0.490 e. The molecule has 2 aromatic carbocycles. The maximum atomic E-state index is 12.1. The number of carbonyl (C=O) groups is 2. The van der Waals surface area contributed by atoms with E-state index in [1.54, 1.807) is 12.1 Å². The molecule has 2 aromatic rings. The summed E-state index contributed by atoms with van der Waals surface area (Å²) in [5.74, 6) is 0.192. The van der Waals surface area contributed by atoms with E-state index in [-0.39, 0.29) is 24.4 Å². The zero-order chi connectivity index (χ0) is 17.8. The first-order valence-electron chi connectivity index (χ1n) is 7.70. The number of anilines is 1. The van der Waals surface area contributed by atoms with Gasteiger partial charge in [0, 0.05) is 9.37 Å². The van der Waals surface area contributed by atoms with Gasteiger partial charge in [0.25, 0.3) is 0 Å². The summed E-state index contributed by atoms with van der Waals surface area (Å²) >= 11 is 4.84. The fourth-order valence-corrected chi connectivity index (χ4v) is 3.58. The molecular formula is C18H16BrNO4S. The zero-order valence-electron chi connectivity index (χ0n) is 13.5. The van der Waals surface area contributed by atoms with E-state index in [4.69, 9.17) is 9.47 Å². The van der Waals surface area contributed by atoms with Crippen molar-refractivity contribution in [1.29, 1.82) is 0 Å².